The zero-order valence-corrected chi connectivity index (χ0v) is 7.39. The van der Waals surface area contributed by atoms with Gasteiger partial charge in [0, 0.05) is 6.42 Å². The van der Waals surface area contributed by atoms with Crippen molar-refractivity contribution in [1.29, 1.82) is 0 Å². The summed E-state index contributed by atoms with van der Waals surface area (Å²) in [6, 6.07) is 0. The molecule has 0 amide bonds. The summed E-state index contributed by atoms with van der Waals surface area (Å²) < 4.78 is 0. The first-order valence-corrected chi connectivity index (χ1v) is 4.21. The highest BCUT2D eigenvalue weighted by Gasteiger charge is 2.37. The summed E-state index contributed by atoms with van der Waals surface area (Å²) >= 11 is 0. The average Bonchev–Trinajstić information content (AvgIpc) is 2.19. The summed E-state index contributed by atoms with van der Waals surface area (Å²) in [5.74, 6) is 0.521. The summed E-state index contributed by atoms with van der Waals surface area (Å²) in [4.78, 5) is 10.4. The van der Waals surface area contributed by atoms with Crippen molar-refractivity contribution in [3.8, 4) is 0 Å². The second-order valence-corrected chi connectivity index (χ2v) is 3.90. The molecule has 1 aliphatic rings. The Kier molecular flexibility index (Phi) is 2.17. The molecule has 62 valence electrons. The highest BCUT2D eigenvalue weighted by molar-refractivity contribution is 5.51. The van der Waals surface area contributed by atoms with Gasteiger partial charge in [0.1, 0.15) is 6.29 Å². The van der Waals surface area contributed by atoms with Gasteiger partial charge in [0.2, 0.25) is 0 Å². The van der Waals surface area contributed by atoms with E-state index in [-0.39, 0.29) is 5.41 Å². The molecular formula is C10H16O. The van der Waals surface area contributed by atoms with Crippen LogP contribution in [0, 0.1) is 11.3 Å². The van der Waals surface area contributed by atoms with Crippen LogP contribution in [0.1, 0.15) is 33.1 Å². The van der Waals surface area contributed by atoms with Gasteiger partial charge in [-0.05, 0) is 24.2 Å². The van der Waals surface area contributed by atoms with Crippen LogP contribution in [0.2, 0.25) is 0 Å². The fourth-order valence-corrected chi connectivity index (χ4v) is 1.84. The van der Waals surface area contributed by atoms with E-state index in [4.69, 9.17) is 0 Å². The van der Waals surface area contributed by atoms with E-state index in [2.05, 4.69) is 20.4 Å². The van der Waals surface area contributed by atoms with Gasteiger partial charge in [0.15, 0.2) is 0 Å². The first-order chi connectivity index (χ1) is 5.10. The number of hydrogen-bond donors (Lipinski definition) is 0. The zero-order chi connectivity index (χ0) is 8.48. The van der Waals surface area contributed by atoms with Crippen LogP contribution in [0.4, 0.5) is 0 Å². The van der Waals surface area contributed by atoms with Crippen molar-refractivity contribution in [2.24, 2.45) is 11.3 Å². The molecule has 0 saturated heterocycles. The van der Waals surface area contributed by atoms with Crippen LogP contribution in [0.25, 0.3) is 0 Å². The summed E-state index contributed by atoms with van der Waals surface area (Å²) in [6.45, 7) is 8.36. The van der Waals surface area contributed by atoms with Gasteiger partial charge in [-0.2, -0.15) is 0 Å². The topological polar surface area (TPSA) is 17.1 Å². The number of aldehydes is 1. The van der Waals surface area contributed by atoms with Gasteiger partial charge in [0.05, 0.1) is 0 Å². The minimum Gasteiger partial charge on any atom is -0.303 e. The van der Waals surface area contributed by atoms with Crippen molar-refractivity contribution in [2.45, 2.75) is 33.1 Å². The Hall–Kier alpha value is -0.590. The predicted octanol–water partition coefficient (Wildman–Crippen LogP) is 2.57. The van der Waals surface area contributed by atoms with E-state index in [1.807, 2.05) is 0 Å². The van der Waals surface area contributed by atoms with Crippen LogP contribution in [-0.4, -0.2) is 6.29 Å². The minimum atomic E-state index is 0.207. The largest absolute Gasteiger partial charge is 0.303 e. The van der Waals surface area contributed by atoms with Crippen LogP contribution in [0.15, 0.2) is 12.2 Å². The van der Waals surface area contributed by atoms with Gasteiger partial charge < -0.3 is 4.79 Å². The Morgan fingerprint density at radius 2 is 2.45 bits per heavy atom. The van der Waals surface area contributed by atoms with Crippen molar-refractivity contribution in [3.63, 3.8) is 0 Å². The maximum absolute atomic E-state index is 10.4. The van der Waals surface area contributed by atoms with Crippen molar-refractivity contribution in [2.75, 3.05) is 0 Å². The highest BCUT2D eigenvalue weighted by Crippen LogP contribution is 2.47. The number of carbonyl (C=O) groups is 1. The predicted molar refractivity (Wildman–Crippen MR) is 46.3 cm³/mol. The maximum Gasteiger partial charge on any atom is 0.120 e. The molecule has 0 radical (unpaired) electrons. The van der Waals surface area contributed by atoms with E-state index in [1.165, 1.54) is 5.57 Å². The molecule has 1 unspecified atom stereocenters. The van der Waals surface area contributed by atoms with Gasteiger partial charge >= 0.3 is 0 Å². The third-order valence-electron chi connectivity index (χ3n) is 3.22. The highest BCUT2D eigenvalue weighted by atomic mass is 16.1. The Morgan fingerprint density at radius 1 is 1.82 bits per heavy atom. The zero-order valence-electron chi connectivity index (χ0n) is 7.39. The van der Waals surface area contributed by atoms with Crippen LogP contribution >= 0.6 is 0 Å². The molecule has 1 rings (SSSR count). The molecule has 0 bridgehead atoms. The molecule has 0 heterocycles. The minimum absolute atomic E-state index is 0.207. The Balaban J connectivity index is 2.71. The molecule has 0 aromatic heterocycles. The molecule has 1 saturated carbocycles. The van der Waals surface area contributed by atoms with Gasteiger partial charge in [0.25, 0.3) is 0 Å². The summed E-state index contributed by atoms with van der Waals surface area (Å²) in [5, 5.41) is 0. The summed E-state index contributed by atoms with van der Waals surface area (Å²) in [5.41, 5.74) is 1.52. The number of carbonyl (C=O) groups excluding carboxylic acids is 1. The summed E-state index contributed by atoms with van der Waals surface area (Å²) in [7, 11) is 0. The van der Waals surface area contributed by atoms with Gasteiger partial charge in [-0.3, -0.25) is 0 Å². The SMILES string of the molecule is C=C1CC[C@](C)(CC=O)C1C. The first kappa shape index (κ1) is 8.51. The lowest BCUT2D eigenvalue weighted by Gasteiger charge is -2.26. The van der Waals surface area contributed by atoms with Crippen LogP contribution in [-0.2, 0) is 4.79 Å². The lowest BCUT2D eigenvalue weighted by Crippen LogP contribution is -2.20. The van der Waals surface area contributed by atoms with Crippen molar-refractivity contribution < 1.29 is 4.79 Å². The van der Waals surface area contributed by atoms with Crippen LogP contribution in [0.3, 0.4) is 0 Å². The fourth-order valence-electron chi connectivity index (χ4n) is 1.84. The first-order valence-electron chi connectivity index (χ1n) is 4.21. The molecule has 0 spiro atoms. The van der Waals surface area contributed by atoms with E-state index in [0.29, 0.717) is 12.3 Å². The standard InChI is InChI=1S/C10H16O/c1-8-4-5-10(3,6-7-11)9(8)2/h7,9H,1,4-6H2,2-3H3/t9?,10-/m1/s1. The molecule has 2 atom stereocenters. The van der Waals surface area contributed by atoms with Crippen LogP contribution in [0.5, 0.6) is 0 Å². The third kappa shape index (κ3) is 1.37. The average molecular weight is 152 g/mol. The lowest BCUT2D eigenvalue weighted by atomic mass is 9.78. The Labute approximate surface area is 68.5 Å². The molecule has 0 N–H and O–H groups in total. The van der Waals surface area contributed by atoms with E-state index in [1.54, 1.807) is 0 Å². The molecule has 1 fully saturated rings. The molecule has 1 heteroatoms. The van der Waals surface area contributed by atoms with Gasteiger partial charge in [-0.15, -0.1) is 0 Å². The number of allylic oxidation sites excluding steroid dienone is 1. The smallest absolute Gasteiger partial charge is 0.120 e. The molecule has 11 heavy (non-hydrogen) atoms. The lowest BCUT2D eigenvalue weighted by molar-refractivity contribution is -0.110. The fraction of sp³-hybridized carbons (Fsp3) is 0.700. The number of rotatable bonds is 2. The normalized spacial score (nSPS) is 37.6. The second-order valence-electron chi connectivity index (χ2n) is 3.90. The molecule has 0 aliphatic heterocycles. The van der Waals surface area contributed by atoms with Gasteiger partial charge in [-0.25, -0.2) is 0 Å². The van der Waals surface area contributed by atoms with E-state index in [9.17, 15) is 4.79 Å². The second kappa shape index (κ2) is 2.80. The van der Waals surface area contributed by atoms with E-state index >= 15 is 0 Å². The maximum atomic E-state index is 10.4. The molecule has 0 aromatic rings. The molecule has 1 aliphatic carbocycles. The summed E-state index contributed by atoms with van der Waals surface area (Å²) in [6.07, 6.45) is 3.96. The number of hydrogen-bond acceptors (Lipinski definition) is 1. The van der Waals surface area contributed by atoms with E-state index in [0.717, 1.165) is 19.1 Å². The third-order valence-corrected chi connectivity index (χ3v) is 3.22. The van der Waals surface area contributed by atoms with Crippen LogP contribution < -0.4 is 0 Å². The van der Waals surface area contributed by atoms with Gasteiger partial charge in [-0.1, -0.05) is 26.0 Å². The quantitative estimate of drug-likeness (QED) is 0.439. The Morgan fingerprint density at radius 3 is 2.82 bits per heavy atom. The molecular weight excluding hydrogens is 136 g/mol. The van der Waals surface area contributed by atoms with E-state index < -0.39 is 0 Å². The Bertz CT molecular complexity index is 183. The molecule has 1 nitrogen and oxygen atoms in total. The monoisotopic (exact) mass is 152 g/mol. The molecule has 0 aromatic carbocycles. The van der Waals surface area contributed by atoms with Crippen molar-refractivity contribution in [1.82, 2.24) is 0 Å². The van der Waals surface area contributed by atoms with Crippen molar-refractivity contribution >= 4 is 6.29 Å². The van der Waals surface area contributed by atoms with Crippen molar-refractivity contribution in [3.05, 3.63) is 12.2 Å².